The van der Waals surface area contributed by atoms with E-state index in [2.05, 4.69) is 27.1 Å². The lowest BCUT2D eigenvalue weighted by atomic mass is 9.71. The van der Waals surface area contributed by atoms with E-state index in [4.69, 9.17) is 11.6 Å². The molecule has 2 aliphatic rings. The van der Waals surface area contributed by atoms with E-state index >= 15 is 0 Å². The first-order valence-electron chi connectivity index (χ1n) is 12.7. The second kappa shape index (κ2) is 10.4. The second-order valence-electron chi connectivity index (χ2n) is 11.3. The number of fused-ring (bicyclic) bond motifs is 1. The lowest BCUT2D eigenvalue weighted by Gasteiger charge is -2.44. The van der Waals surface area contributed by atoms with E-state index in [1.54, 1.807) is 17.3 Å². The zero-order valence-corrected chi connectivity index (χ0v) is 22.7. The number of hydrogen-bond acceptors (Lipinski definition) is 5. The van der Waals surface area contributed by atoms with Crippen molar-refractivity contribution in [2.24, 2.45) is 5.41 Å². The van der Waals surface area contributed by atoms with Crippen LogP contribution in [0.1, 0.15) is 69.7 Å². The first-order chi connectivity index (χ1) is 17.4. The van der Waals surface area contributed by atoms with E-state index in [1.807, 2.05) is 27.7 Å². The summed E-state index contributed by atoms with van der Waals surface area (Å²) >= 11 is 5.90. The van der Waals surface area contributed by atoms with E-state index in [-0.39, 0.29) is 17.0 Å². The summed E-state index contributed by atoms with van der Waals surface area (Å²) in [5.41, 5.74) is 2.24. The number of piperazine rings is 1. The Morgan fingerprint density at radius 2 is 1.95 bits per heavy atom. The number of halogens is 2. The Morgan fingerprint density at radius 1 is 1.22 bits per heavy atom. The fourth-order valence-corrected chi connectivity index (χ4v) is 5.96. The van der Waals surface area contributed by atoms with Crippen molar-refractivity contribution in [3.63, 3.8) is 0 Å². The van der Waals surface area contributed by atoms with E-state index < -0.39 is 29.3 Å². The molecule has 2 N–H and O–H groups in total. The molecule has 10 heteroatoms. The molecule has 1 aliphatic heterocycles. The molecule has 0 radical (unpaired) electrons. The maximum absolute atomic E-state index is 14.4. The number of amides is 2. The molecule has 8 nitrogen and oxygen atoms in total. The Hall–Kier alpha value is -2.94. The minimum absolute atomic E-state index is 0.0269. The van der Waals surface area contributed by atoms with Gasteiger partial charge in [-0.1, -0.05) is 45.4 Å². The number of aryl methyl sites for hydroxylation is 1. The predicted molar refractivity (Wildman–Crippen MR) is 141 cm³/mol. The zero-order valence-electron chi connectivity index (χ0n) is 22.0. The van der Waals surface area contributed by atoms with Gasteiger partial charge in [0.25, 0.3) is 0 Å². The van der Waals surface area contributed by atoms with Crippen molar-refractivity contribution in [3.05, 3.63) is 52.2 Å². The maximum atomic E-state index is 14.4. The fourth-order valence-electron chi connectivity index (χ4n) is 5.84. The summed E-state index contributed by atoms with van der Waals surface area (Å²) in [6.07, 6.45) is 2.30. The van der Waals surface area contributed by atoms with Crippen molar-refractivity contribution >= 4 is 29.4 Å². The van der Waals surface area contributed by atoms with Gasteiger partial charge in [-0.3, -0.25) is 4.79 Å². The van der Waals surface area contributed by atoms with E-state index in [1.165, 1.54) is 17.7 Å². The molecule has 37 heavy (non-hydrogen) atoms. The molecule has 1 fully saturated rings. The van der Waals surface area contributed by atoms with Crippen molar-refractivity contribution in [2.45, 2.75) is 71.4 Å². The van der Waals surface area contributed by atoms with E-state index in [0.717, 1.165) is 24.4 Å². The molecule has 1 saturated heterocycles. The molecule has 2 aromatic rings. The van der Waals surface area contributed by atoms with E-state index in [9.17, 15) is 19.1 Å². The summed E-state index contributed by atoms with van der Waals surface area (Å²) in [6.45, 7) is 11.4. The number of nitrogens with zero attached hydrogens (tertiary/aromatic N) is 4. The molecule has 0 bridgehead atoms. The number of carbonyl (C=O) groups is 2. The van der Waals surface area contributed by atoms with Crippen LogP contribution in [0.15, 0.2) is 24.5 Å². The highest BCUT2D eigenvalue weighted by atomic mass is 35.5. The zero-order chi connectivity index (χ0) is 27.1. The highest BCUT2D eigenvalue weighted by Crippen LogP contribution is 2.41. The van der Waals surface area contributed by atoms with Crippen molar-refractivity contribution < 1.29 is 19.1 Å². The molecule has 0 spiro atoms. The van der Waals surface area contributed by atoms with Gasteiger partial charge in [-0.15, -0.1) is 0 Å². The third-order valence-corrected chi connectivity index (χ3v) is 7.88. The molecular formula is C27H35ClFN5O3. The summed E-state index contributed by atoms with van der Waals surface area (Å²) in [7, 11) is 0. The Balaban J connectivity index is 1.61. The monoisotopic (exact) mass is 531 g/mol. The Bertz CT molecular complexity index is 1190. The number of aromatic nitrogens is 2. The topological polar surface area (TPSA) is 98.7 Å². The SMILES string of the molecule is C[C@@H]1CCc2ncnc(N3CCN(C(=O)C(NC(=O)O)[C@@H](c4ccc(Cl)c(F)c4)C(C)(C)C)C[C@@H]3C)c21. The molecule has 1 aliphatic carbocycles. The first kappa shape index (κ1) is 27.1. The van der Waals surface area contributed by atoms with Crippen LogP contribution in [0, 0.1) is 11.2 Å². The Morgan fingerprint density at radius 3 is 2.57 bits per heavy atom. The highest BCUT2D eigenvalue weighted by molar-refractivity contribution is 6.30. The largest absolute Gasteiger partial charge is 0.465 e. The average Bonchev–Trinajstić information content (AvgIpc) is 3.20. The normalized spacial score (nSPS) is 21.4. The number of rotatable bonds is 5. The van der Waals surface area contributed by atoms with Crippen LogP contribution in [0.4, 0.5) is 15.0 Å². The fraction of sp³-hybridized carbons (Fsp3) is 0.556. The average molecular weight is 532 g/mol. The molecular weight excluding hydrogens is 497 g/mol. The number of carbonyl (C=O) groups excluding carboxylic acids is 1. The van der Waals surface area contributed by atoms with Crippen molar-refractivity contribution in [2.75, 3.05) is 24.5 Å². The number of carboxylic acid groups (broad SMARTS) is 1. The van der Waals surface area contributed by atoms with Crippen LogP contribution >= 0.6 is 11.6 Å². The van der Waals surface area contributed by atoms with Gasteiger partial charge in [-0.2, -0.15) is 0 Å². The molecule has 1 aromatic heterocycles. The number of benzene rings is 1. The van der Waals surface area contributed by atoms with Gasteiger partial charge < -0.3 is 20.2 Å². The Kier molecular flexibility index (Phi) is 7.65. The molecule has 1 aromatic carbocycles. The number of nitrogens with one attached hydrogen (secondary N) is 1. The minimum Gasteiger partial charge on any atom is -0.465 e. The van der Waals surface area contributed by atoms with E-state index in [0.29, 0.717) is 31.1 Å². The molecule has 0 saturated carbocycles. The van der Waals surface area contributed by atoms with Gasteiger partial charge in [-0.25, -0.2) is 19.2 Å². The van der Waals surface area contributed by atoms with Crippen LogP contribution in [0.2, 0.25) is 5.02 Å². The predicted octanol–water partition coefficient (Wildman–Crippen LogP) is 4.82. The van der Waals surface area contributed by atoms with Crippen LogP contribution in [0.25, 0.3) is 0 Å². The molecule has 2 heterocycles. The molecule has 4 atom stereocenters. The van der Waals surface area contributed by atoms with Gasteiger partial charge >= 0.3 is 6.09 Å². The van der Waals surface area contributed by atoms with Crippen molar-refractivity contribution in [1.29, 1.82) is 0 Å². The van der Waals surface area contributed by atoms with Crippen LogP contribution < -0.4 is 10.2 Å². The summed E-state index contributed by atoms with van der Waals surface area (Å²) in [5, 5.41) is 12.1. The third-order valence-electron chi connectivity index (χ3n) is 7.58. The number of hydrogen-bond donors (Lipinski definition) is 2. The smallest absolute Gasteiger partial charge is 0.405 e. The molecule has 4 rings (SSSR count). The van der Waals surface area contributed by atoms with Crippen LogP contribution in [0.5, 0.6) is 0 Å². The van der Waals surface area contributed by atoms with Gasteiger partial charge in [0, 0.05) is 42.9 Å². The summed E-state index contributed by atoms with van der Waals surface area (Å²) in [5.74, 6) is -0.245. The summed E-state index contributed by atoms with van der Waals surface area (Å²) in [4.78, 5) is 38.7. The first-order valence-corrected chi connectivity index (χ1v) is 13.1. The van der Waals surface area contributed by atoms with Crippen LogP contribution in [-0.2, 0) is 11.2 Å². The standard InChI is InChI=1S/C27H35ClFN5O3/c1-15-6-9-20-21(15)24(31-14-30-20)34-11-10-33(13-16(34)2)25(35)23(32-26(36)37)22(27(3,4)5)17-7-8-18(28)19(29)12-17/h7-8,12,14-16,22-23,32H,6,9-11,13H2,1-5H3,(H,36,37)/t15-,16+,22-,23?/m1/s1. The quantitative estimate of drug-likeness (QED) is 0.574. The lowest BCUT2D eigenvalue weighted by Crippen LogP contribution is -2.60. The maximum Gasteiger partial charge on any atom is 0.405 e. The summed E-state index contributed by atoms with van der Waals surface area (Å²) in [6, 6.07) is 3.26. The van der Waals surface area contributed by atoms with Crippen molar-refractivity contribution in [3.8, 4) is 0 Å². The van der Waals surface area contributed by atoms with Crippen LogP contribution in [0.3, 0.4) is 0 Å². The second-order valence-corrected chi connectivity index (χ2v) is 11.7. The van der Waals surface area contributed by atoms with Crippen LogP contribution in [-0.4, -0.2) is 63.7 Å². The van der Waals surface area contributed by atoms with Gasteiger partial charge in [0.05, 0.1) is 5.02 Å². The van der Waals surface area contributed by atoms with Gasteiger partial charge in [0.15, 0.2) is 0 Å². The lowest BCUT2D eigenvalue weighted by molar-refractivity contribution is -0.135. The number of anilines is 1. The third kappa shape index (κ3) is 5.51. The Labute approximate surface area is 222 Å². The minimum atomic E-state index is -1.31. The molecule has 200 valence electrons. The highest BCUT2D eigenvalue weighted by Gasteiger charge is 2.42. The molecule has 2 amide bonds. The molecule has 1 unspecified atom stereocenters. The van der Waals surface area contributed by atoms with Crippen molar-refractivity contribution in [1.82, 2.24) is 20.2 Å². The van der Waals surface area contributed by atoms with Gasteiger partial charge in [-0.05, 0) is 48.8 Å². The van der Waals surface area contributed by atoms with Gasteiger partial charge in [0.2, 0.25) is 5.91 Å². The van der Waals surface area contributed by atoms with Gasteiger partial charge in [0.1, 0.15) is 24.0 Å². The summed E-state index contributed by atoms with van der Waals surface area (Å²) < 4.78 is 14.4.